The summed E-state index contributed by atoms with van der Waals surface area (Å²) < 4.78 is 26.7. The van der Waals surface area contributed by atoms with E-state index in [0.29, 0.717) is 23.7 Å². The maximum Gasteiger partial charge on any atom is 0.255 e. The molecule has 1 amide bonds. The van der Waals surface area contributed by atoms with Crippen LogP contribution in [0.1, 0.15) is 23.7 Å². The lowest BCUT2D eigenvalue weighted by atomic mass is 10.2. The molecule has 128 valence electrons. The van der Waals surface area contributed by atoms with Gasteiger partial charge in [0.25, 0.3) is 5.91 Å². The number of halogens is 2. The van der Waals surface area contributed by atoms with Gasteiger partial charge >= 0.3 is 0 Å². The van der Waals surface area contributed by atoms with Crippen LogP contribution in [0.25, 0.3) is 0 Å². The Hall–Kier alpha value is -1.60. The van der Waals surface area contributed by atoms with Crippen molar-refractivity contribution in [2.45, 2.75) is 18.2 Å². The van der Waals surface area contributed by atoms with Gasteiger partial charge in [0.2, 0.25) is 10.0 Å². The molecule has 0 aliphatic rings. The number of carbonyl (C=O) groups excluding carboxylic acids is 1. The summed E-state index contributed by atoms with van der Waals surface area (Å²) in [5.74, 6) is -0.480. The van der Waals surface area contributed by atoms with E-state index in [2.05, 4.69) is 10.0 Å². The second kappa shape index (κ2) is 7.98. The topological polar surface area (TPSA) is 75.3 Å². The van der Waals surface area contributed by atoms with Gasteiger partial charge in [-0.15, -0.1) is 0 Å². The summed E-state index contributed by atoms with van der Waals surface area (Å²) in [7, 11) is -3.64. The molecule has 0 fully saturated rings. The highest BCUT2D eigenvalue weighted by Crippen LogP contribution is 2.29. The fraction of sp³-hybridized carbons (Fsp3) is 0.188. The number of hydrogen-bond donors (Lipinski definition) is 2. The SMILES string of the molecule is CCCNS(=O)(=O)c1cccc(C(=O)Nc2cccc(Cl)c2Cl)c1. The lowest BCUT2D eigenvalue weighted by molar-refractivity contribution is 0.102. The predicted octanol–water partition coefficient (Wildman–Crippen LogP) is 3.93. The van der Waals surface area contributed by atoms with Gasteiger partial charge in [-0.05, 0) is 36.8 Å². The van der Waals surface area contributed by atoms with E-state index in [-0.39, 0.29) is 15.5 Å². The fourth-order valence-electron chi connectivity index (χ4n) is 1.92. The zero-order valence-electron chi connectivity index (χ0n) is 12.8. The lowest BCUT2D eigenvalue weighted by Crippen LogP contribution is -2.24. The first-order chi connectivity index (χ1) is 11.3. The summed E-state index contributed by atoms with van der Waals surface area (Å²) in [5.41, 5.74) is 0.553. The molecule has 0 unspecified atom stereocenters. The monoisotopic (exact) mass is 386 g/mol. The molecule has 2 aromatic rings. The quantitative estimate of drug-likeness (QED) is 0.789. The Morgan fingerprint density at radius 2 is 1.83 bits per heavy atom. The van der Waals surface area contributed by atoms with Gasteiger partial charge in [-0.2, -0.15) is 0 Å². The van der Waals surface area contributed by atoms with E-state index in [1.807, 2.05) is 6.92 Å². The van der Waals surface area contributed by atoms with Crippen LogP contribution < -0.4 is 10.0 Å². The number of nitrogens with one attached hydrogen (secondary N) is 2. The smallest absolute Gasteiger partial charge is 0.255 e. The first-order valence-corrected chi connectivity index (χ1v) is 9.44. The third-order valence-electron chi connectivity index (χ3n) is 3.15. The molecule has 2 aromatic carbocycles. The number of carbonyl (C=O) groups is 1. The van der Waals surface area contributed by atoms with Crippen LogP contribution in [0.15, 0.2) is 47.4 Å². The molecule has 0 bridgehead atoms. The largest absolute Gasteiger partial charge is 0.321 e. The van der Waals surface area contributed by atoms with E-state index in [1.54, 1.807) is 18.2 Å². The minimum atomic E-state index is -3.64. The van der Waals surface area contributed by atoms with Crippen molar-refractivity contribution in [1.82, 2.24) is 4.72 Å². The fourth-order valence-corrected chi connectivity index (χ4v) is 3.45. The van der Waals surface area contributed by atoms with Crippen LogP contribution in [-0.4, -0.2) is 20.9 Å². The van der Waals surface area contributed by atoms with E-state index < -0.39 is 15.9 Å². The van der Waals surface area contributed by atoms with Crippen molar-refractivity contribution in [3.8, 4) is 0 Å². The molecule has 0 saturated heterocycles. The van der Waals surface area contributed by atoms with Crippen LogP contribution in [-0.2, 0) is 10.0 Å². The van der Waals surface area contributed by atoms with Crippen LogP contribution in [0.2, 0.25) is 10.0 Å². The van der Waals surface area contributed by atoms with Crippen LogP contribution >= 0.6 is 23.2 Å². The third-order valence-corrected chi connectivity index (χ3v) is 5.43. The maximum absolute atomic E-state index is 12.3. The number of hydrogen-bond acceptors (Lipinski definition) is 3. The van der Waals surface area contributed by atoms with Gasteiger partial charge in [-0.25, -0.2) is 13.1 Å². The summed E-state index contributed by atoms with van der Waals surface area (Å²) in [6, 6.07) is 10.6. The van der Waals surface area contributed by atoms with E-state index in [0.717, 1.165) is 0 Å². The zero-order chi connectivity index (χ0) is 17.7. The third kappa shape index (κ3) is 4.48. The van der Waals surface area contributed by atoms with Gasteiger partial charge in [0, 0.05) is 12.1 Å². The average Bonchev–Trinajstić information content (AvgIpc) is 2.57. The summed E-state index contributed by atoms with van der Waals surface area (Å²) in [6.07, 6.45) is 0.673. The van der Waals surface area contributed by atoms with Gasteiger partial charge in [0.05, 0.1) is 20.6 Å². The Kier molecular flexibility index (Phi) is 6.23. The maximum atomic E-state index is 12.3. The molecule has 0 heterocycles. The van der Waals surface area contributed by atoms with Gasteiger partial charge < -0.3 is 5.32 Å². The Labute approximate surface area is 151 Å². The number of benzene rings is 2. The average molecular weight is 387 g/mol. The number of sulfonamides is 1. The summed E-state index contributed by atoms with van der Waals surface area (Å²) >= 11 is 11.9. The molecule has 2 rings (SSSR count). The summed E-state index contributed by atoms with van der Waals surface area (Å²) in [5, 5.41) is 3.16. The number of anilines is 1. The Morgan fingerprint density at radius 3 is 2.54 bits per heavy atom. The molecular formula is C16H16Cl2N2O3S. The highest BCUT2D eigenvalue weighted by molar-refractivity contribution is 7.89. The molecule has 24 heavy (non-hydrogen) atoms. The molecule has 0 aliphatic carbocycles. The molecule has 0 spiro atoms. The molecule has 0 radical (unpaired) electrons. The molecule has 0 saturated carbocycles. The summed E-state index contributed by atoms with van der Waals surface area (Å²) in [6.45, 7) is 2.19. The Balaban J connectivity index is 2.25. The number of amides is 1. The highest BCUT2D eigenvalue weighted by atomic mass is 35.5. The second-order valence-electron chi connectivity index (χ2n) is 4.98. The normalized spacial score (nSPS) is 11.3. The summed E-state index contributed by atoms with van der Waals surface area (Å²) in [4.78, 5) is 12.4. The van der Waals surface area contributed by atoms with E-state index in [4.69, 9.17) is 23.2 Å². The van der Waals surface area contributed by atoms with E-state index in [9.17, 15) is 13.2 Å². The van der Waals surface area contributed by atoms with Crippen molar-refractivity contribution in [1.29, 1.82) is 0 Å². The molecule has 0 aromatic heterocycles. The van der Waals surface area contributed by atoms with Crippen LogP contribution in [0.5, 0.6) is 0 Å². The van der Waals surface area contributed by atoms with Crippen molar-refractivity contribution >= 4 is 44.8 Å². The van der Waals surface area contributed by atoms with Gasteiger partial charge in [-0.3, -0.25) is 4.79 Å². The van der Waals surface area contributed by atoms with Crippen LogP contribution in [0.3, 0.4) is 0 Å². The van der Waals surface area contributed by atoms with Crippen molar-refractivity contribution in [2.24, 2.45) is 0 Å². The molecule has 0 atom stereocenters. The molecule has 5 nitrogen and oxygen atoms in total. The van der Waals surface area contributed by atoms with Crippen molar-refractivity contribution in [3.63, 3.8) is 0 Å². The highest BCUT2D eigenvalue weighted by Gasteiger charge is 2.16. The lowest BCUT2D eigenvalue weighted by Gasteiger charge is -2.10. The van der Waals surface area contributed by atoms with Crippen molar-refractivity contribution in [2.75, 3.05) is 11.9 Å². The van der Waals surface area contributed by atoms with Crippen molar-refractivity contribution < 1.29 is 13.2 Å². The van der Waals surface area contributed by atoms with Crippen LogP contribution in [0, 0.1) is 0 Å². The number of rotatable bonds is 6. The zero-order valence-corrected chi connectivity index (χ0v) is 15.2. The van der Waals surface area contributed by atoms with E-state index >= 15 is 0 Å². The minimum absolute atomic E-state index is 0.0285. The molecular weight excluding hydrogens is 371 g/mol. The standard InChI is InChI=1S/C16H16Cl2N2O3S/c1-2-9-19-24(22,23)12-6-3-5-11(10-12)16(21)20-14-8-4-7-13(17)15(14)18/h3-8,10,19H,2,9H2,1H3,(H,20,21). The Bertz CT molecular complexity index is 854. The predicted molar refractivity (Wildman–Crippen MR) is 96.3 cm³/mol. The van der Waals surface area contributed by atoms with Gasteiger partial charge in [-0.1, -0.05) is 42.3 Å². The molecule has 2 N–H and O–H groups in total. The van der Waals surface area contributed by atoms with E-state index in [1.165, 1.54) is 24.3 Å². The van der Waals surface area contributed by atoms with Gasteiger partial charge in [0.1, 0.15) is 0 Å². The first kappa shape index (κ1) is 18.7. The van der Waals surface area contributed by atoms with Gasteiger partial charge in [0.15, 0.2) is 0 Å². The molecule has 8 heteroatoms. The second-order valence-corrected chi connectivity index (χ2v) is 7.53. The van der Waals surface area contributed by atoms with Crippen molar-refractivity contribution in [3.05, 3.63) is 58.1 Å². The first-order valence-electron chi connectivity index (χ1n) is 7.20. The molecule has 0 aliphatic heterocycles. The van der Waals surface area contributed by atoms with Crippen LogP contribution in [0.4, 0.5) is 5.69 Å². The Morgan fingerprint density at radius 1 is 1.12 bits per heavy atom. The minimum Gasteiger partial charge on any atom is -0.321 e.